The van der Waals surface area contributed by atoms with Crippen LogP contribution in [0.15, 0.2) is 47.0 Å². The van der Waals surface area contributed by atoms with Crippen molar-refractivity contribution >= 4 is 34.8 Å². The summed E-state index contributed by atoms with van der Waals surface area (Å²) in [4.78, 5) is 12.6. The quantitative estimate of drug-likeness (QED) is 0.630. The van der Waals surface area contributed by atoms with Crippen molar-refractivity contribution in [1.29, 1.82) is 0 Å². The molecule has 0 fully saturated rings. The first kappa shape index (κ1) is 18.3. The largest absolute Gasteiger partial charge is 0.489 e. The smallest absolute Gasteiger partial charge is 0.278 e. The molecule has 0 saturated heterocycles. The molecule has 0 radical (unpaired) electrons. The van der Waals surface area contributed by atoms with Gasteiger partial charge in [-0.25, -0.2) is 0 Å². The van der Waals surface area contributed by atoms with Crippen molar-refractivity contribution in [3.05, 3.63) is 75.1 Å². The van der Waals surface area contributed by atoms with E-state index in [0.717, 1.165) is 5.56 Å². The Balaban J connectivity index is 1.75. The van der Waals surface area contributed by atoms with Gasteiger partial charge < -0.3 is 14.6 Å². The van der Waals surface area contributed by atoms with E-state index >= 15 is 0 Å². The summed E-state index contributed by atoms with van der Waals surface area (Å²) in [6, 6.07) is 12.4. The van der Waals surface area contributed by atoms with Crippen LogP contribution < -0.4 is 10.1 Å². The summed E-state index contributed by atoms with van der Waals surface area (Å²) in [7, 11) is 0. The summed E-state index contributed by atoms with van der Waals surface area (Å²) in [6.45, 7) is 3.89. The number of ether oxygens (including phenoxy) is 1. The van der Waals surface area contributed by atoms with Crippen LogP contribution >= 0.6 is 23.2 Å². The number of hydrogen-bond acceptors (Lipinski definition) is 4. The maximum Gasteiger partial charge on any atom is 0.278 e. The lowest BCUT2D eigenvalue weighted by molar-refractivity contribution is 0.101. The molecule has 3 aromatic rings. The molecule has 0 atom stereocenters. The summed E-state index contributed by atoms with van der Waals surface area (Å²) >= 11 is 11.9. The first-order chi connectivity index (χ1) is 12.4. The number of carbonyl (C=O) groups excluding carboxylic acids is 1. The number of aromatic nitrogens is 1. The zero-order chi connectivity index (χ0) is 18.7. The molecule has 0 aliphatic heterocycles. The van der Waals surface area contributed by atoms with Crippen LogP contribution in [0.5, 0.6) is 5.75 Å². The predicted octanol–water partition coefficient (Wildman–Crippen LogP) is 5.43. The first-order valence-electron chi connectivity index (χ1n) is 7.84. The summed E-state index contributed by atoms with van der Waals surface area (Å²) < 4.78 is 10.9. The van der Waals surface area contributed by atoms with Gasteiger partial charge in [0.1, 0.15) is 18.1 Å². The van der Waals surface area contributed by atoms with Crippen LogP contribution in [0.3, 0.4) is 0 Å². The molecule has 0 unspecified atom stereocenters. The number of carbonyl (C=O) groups is 1. The molecule has 1 aromatic heterocycles. The van der Waals surface area contributed by atoms with Gasteiger partial charge in [0.15, 0.2) is 5.69 Å². The minimum absolute atomic E-state index is 0.158. The Kier molecular flexibility index (Phi) is 5.49. The van der Waals surface area contributed by atoms with Gasteiger partial charge in [-0.3, -0.25) is 4.79 Å². The average molecular weight is 391 g/mol. The van der Waals surface area contributed by atoms with Gasteiger partial charge in [0, 0.05) is 15.7 Å². The number of nitrogens with one attached hydrogen (secondary N) is 1. The lowest BCUT2D eigenvalue weighted by Crippen LogP contribution is -2.15. The van der Waals surface area contributed by atoms with E-state index in [1.165, 1.54) is 0 Å². The molecule has 5 nitrogen and oxygen atoms in total. The highest BCUT2D eigenvalue weighted by atomic mass is 35.5. The maximum absolute atomic E-state index is 12.6. The molecule has 1 amide bonds. The van der Waals surface area contributed by atoms with E-state index in [9.17, 15) is 4.79 Å². The standard InChI is InChI=1S/C19H16Cl2N2O3/c1-11-3-5-16(6-4-11)25-10-17-12(2)26-23-18(17)19(24)22-15-8-13(20)7-14(21)9-15/h3-9H,10H2,1-2H3,(H,22,24). The molecule has 26 heavy (non-hydrogen) atoms. The molecular formula is C19H16Cl2N2O3. The minimum atomic E-state index is -0.428. The Morgan fingerprint density at radius 3 is 2.42 bits per heavy atom. The van der Waals surface area contributed by atoms with Gasteiger partial charge in [0.2, 0.25) is 0 Å². The van der Waals surface area contributed by atoms with Gasteiger partial charge in [-0.15, -0.1) is 0 Å². The minimum Gasteiger partial charge on any atom is -0.489 e. The summed E-state index contributed by atoms with van der Waals surface area (Å²) in [6.07, 6.45) is 0. The number of benzene rings is 2. The Bertz CT molecular complexity index is 916. The third-order valence-electron chi connectivity index (χ3n) is 3.72. The van der Waals surface area contributed by atoms with E-state index in [-0.39, 0.29) is 12.3 Å². The maximum atomic E-state index is 12.6. The van der Waals surface area contributed by atoms with Crippen LogP contribution in [-0.4, -0.2) is 11.1 Å². The number of aryl methyl sites for hydroxylation is 2. The Morgan fingerprint density at radius 2 is 1.77 bits per heavy atom. The zero-order valence-electron chi connectivity index (χ0n) is 14.2. The Hall–Kier alpha value is -2.50. The summed E-state index contributed by atoms with van der Waals surface area (Å²) in [5.74, 6) is 0.790. The Labute approximate surface area is 160 Å². The monoisotopic (exact) mass is 390 g/mol. The van der Waals surface area contributed by atoms with Crippen molar-refractivity contribution in [2.45, 2.75) is 20.5 Å². The van der Waals surface area contributed by atoms with Crippen molar-refractivity contribution in [1.82, 2.24) is 5.16 Å². The van der Waals surface area contributed by atoms with Crippen LogP contribution in [0.1, 0.15) is 27.4 Å². The molecule has 1 N–H and O–H groups in total. The van der Waals surface area contributed by atoms with Gasteiger partial charge in [-0.2, -0.15) is 0 Å². The number of halogens is 2. The van der Waals surface area contributed by atoms with E-state index in [1.807, 2.05) is 31.2 Å². The fraction of sp³-hybridized carbons (Fsp3) is 0.158. The van der Waals surface area contributed by atoms with Crippen molar-refractivity contribution in [2.75, 3.05) is 5.32 Å². The second kappa shape index (κ2) is 7.81. The van der Waals surface area contributed by atoms with Crippen LogP contribution in [0.4, 0.5) is 5.69 Å². The number of nitrogens with zero attached hydrogens (tertiary/aromatic N) is 1. The predicted molar refractivity (Wildman–Crippen MR) is 101 cm³/mol. The van der Waals surface area contributed by atoms with Crippen molar-refractivity contribution < 1.29 is 14.1 Å². The van der Waals surface area contributed by atoms with E-state index < -0.39 is 5.91 Å². The lowest BCUT2D eigenvalue weighted by Gasteiger charge is -2.08. The van der Waals surface area contributed by atoms with E-state index in [0.29, 0.717) is 32.8 Å². The highest BCUT2D eigenvalue weighted by Crippen LogP contribution is 2.24. The molecule has 2 aromatic carbocycles. The second-order valence-electron chi connectivity index (χ2n) is 5.78. The fourth-order valence-electron chi connectivity index (χ4n) is 2.35. The van der Waals surface area contributed by atoms with Crippen LogP contribution in [0, 0.1) is 13.8 Å². The first-order valence-corrected chi connectivity index (χ1v) is 8.60. The molecule has 1 heterocycles. The summed E-state index contributed by atoms with van der Waals surface area (Å²) in [5, 5.41) is 7.41. The molecule has 7 heteroatoms. The summed E-state index contributed by atoms with van der Waals surface area (Å²) in [5.41, 5.74) is 2.35. The Morgan fingerprint density at radius 1 is 1.12 bits per heavy atom. The van der Waals surface area contributed by atoms with Gasteiger partial charge in [-0.1, -0.05) is 46.1 Å². The van der Waals surface area contributed by atoms with Crippen LogP contribution in [-0.2, 0) is 6.61 Å². The number of anilines is 1. The van der Waals surface area contributed by atoms with Gasteiger partial charge >= 0.3 is 0 Å². The molecule has 0 saturated carbocycles. The number of hydrogen-bond donors (Lipinski definition) is 1. The third kappa shape index (κ3) is 4.36. The molecule has 134 valence electrons. The van der Waals surface area contributed by atoms with Crippen molar-refractivity contribution in [3.8, 4) is 5.75 Å². The van der Waals surface area contributed by atoms with E-state index in [2.05, 4.69) is 10.5 Å². The molecule has 0 aliphatic rings. The lowest BCUT2D eigenvalue weighted by atomic mass is 10.2. The van der Waals surface area contributed by atoms with Crippen molar-refractivity contribution in [2.24, 2.45) is 0 Å². The third-order valence-corrected chi connectivity index (χ3v) is 4.16. The second-order valence-corrected chi connectivity index (χ2v) is 6.65. The molecule has 3 rings (SSSR count). The molecule has 0 spiro atoms. The number of rotatable bonds is 5. The van der Waals surface area contributed by atoms with E-state index in [4.69, 9.17) is 32.5 Å². The average Bonchev–Trinajstić information content (AvgIpc) is 2.94. The van der Waals surface area contributed by atoms with E-state index in [1.54, 1.807) is 25.1 Å². The van der Waals surface area contributed by atoms with Gasteiger partial charge in [-0.05, 0) is 44.2 Å². The van der Waals surface area contributed by atoms with Gasteiger partial charge in [0.25, 0.3) is 5.91 Å². The normalized spacial score (nSPS) is 10.6. The molecular weight excluding hydrogens is 375 g/mol. The highest BCUT2D eigenvalue weighted by molar-refractivity contribution is 6.35. The van der Waals surface area contributed by atoms with Crippen LogP contribution in [0.2, 0.25) is 10.0 Å². The zero-order valence-corrected chi connectivity index (χ0v) is 15.7. The van der Waals surface area contributed by atoms with Crippen molar-refractivity contribution in [3.63, 3.8) is 0 Å². The van der Waals surface area contributed by atoms with Crippen LogP contribution in [0.25, 0.3) is 0 Å². The number of amides is 1. The fourth-order valence-corrected chi connectivity index (χ4v) is 2.87. The SMILES string of the molecule is Cc1ccc(OCc2c(C(=O)Nc3cc(Cl)cc(Cl)c3)noc2C)cc1. The molecule has 0 bridgehead atoms. The molecule has 0 aliphatic carbocycles. The van der Waals surface area contributed by atoms with Gasteiger partial charge in [0.05, 0.1) is 5.56 Å². The topological polar surface area (TPSA) is 64.4 Å². The highest BCUT2D eigenvalue weighted by Gasteiger charge is 2.21.